The summed E-state index contributed by atoms with van der Waals surface area (Å²) in [5.41, 5.74) is 0.0411. The molecule has 0 saturated carbocycles. The third-order valence-corrected chi connectivity index (χ3v) is 3.97. The zero-order valence-electron chi connectivity index (χ0n) is 11.7. The minimum Gasteiger partial charge on any atom is -0.384 e. The van der Waals surface area contributed by atoms with Gasteiger partial charge in [-0.2, -0.15) is 0 Å². The van der Waals surface area contributed by atoms with Gasteiger partial charge in [0.05, 0.1) is 10.5 Å². The summed E-state index contributed by atoms with van der Waals surface area (Å²) in [6.07, 6.45) is 0.537. The highest BCUT2D eigenvalue weighted by molar-refractivity contribution is 7.89. The van der Waals surface area contributed by atoms with Crippen LogP contribution in [0, 0.1) is 17.7 Å². The molecule has 7 heteroatoms. The van der Waals surface area contributed by atoms with Crippen molar-refractivity contribution in [1.82, 2.24) is 4.72 Å². The molecule has 116 valence electrons. The number of sulfonamides is 1. The second-order valence-electron chi connectivity index (χ2n) is 4.05. The number of nitrogens with one attached hydrogen (secondary N) is 1. The van der Waals surface area contributed by atoms with Gasteiger partial charge in [0.2, 0.25) is 10.0 Å². The Balaban J connectivity index is 2.73. The van der Waals surface area contributed by atoms with Gasteiger partial charge in [-0.05, 0) is 31.5 Å². The molecule has 0 radical (unpaired) electrons. The molecule has 5 nitrogen and oxygen atoms in total. The van der Waals surface area contributed by atoms with E-state index in [-0.39, 0.29) is 23.6 Å². The predicted octanol–water partition coefficient (Wildman–Crippen LogP) is 0.874. The molecule has 0 saturated heterocycles. The highest BCUT2D eigenvalue weighted by Gasteiger charge is 2.15. The van der Waals surface area contributed by atoms with Gasteiger partial charge in [-0.1, -0.05) is 11.8 Å². The van der Waals surface area contributed by atoms with Gasteiger partial charge in [0, 0.05) is 19.8 Å². The topological polar surface area (TPSA) is 75.6 Å². The van der Waals surface area contributed by atoms with E-state index in [2.05, 4.69) is 16.6 Å². The molecule has 0 spiro atoms. The molecular weight excluding hydrogens is 297 g/mol. The molecule has 0 atom stereocenters. The quantitative estimate of drug-likeness (QED) is 0.578. The highest BCUT2D eigenvalue weighted by atomic mass is 32.2. The lowest BCUT2D eigenvalue weighted by molar-refractivity contribution is 0.146. The lowest BCUT2D eigenvalue weighted by atomic mass is 10.2. The molecule has 1 aromatic carbocycles. The Morgan fingerprint density at radius 2 is 2.19 bits per heavy atom. The number of aliphatic hydroxyl groups excluding tert-OH is 1. The summed E-state index contributed by atoms with van der Waals surface area (Å²) in [5.74, 6) is 3.96. The van der Waals surface area contributed by atoms with E-state index in [4.69, 9.17) is 9.84 Å². The molecule has 0 bridgehead atoms. The van der Waals surface area contributed by atoms with Gasteiger partial charge in [-0.15, -0.1) is 0 Å². The molecule has 21 heavy (non-hydrogen) atoms. The van der Waals surface area contributed by atoms with Crippen LogP contribution in [0.4, 0.5) is 4.39 Å². The lowest BCUT2D eigenvalue weighted by Crippen LogP contribution is -2.25. The number of rotatable bonds is 7. The Morgan fingerprint density at radius 3 is 2.81 bits per heavy atom. The van der Waals surface area contributed by atoms with Crippen molar-refractivity contribution in [3.05, 3.63) is 29.6 Å². The first kappa shape index (κ1) is 17.6. The zero-order chi connectivity index (χ0) is 15.7. The molecular formula is C14H18FNO4S. The molecule has 0 aliphatic rings. The number of hydrogen-bond acceptors (Lipinski definition) is 4. The van der Waals surface area contributed by atoms with Gasteiger partial charge in [-0.25, -0.2) is 17.5 Å². The molecule has 1 aromatic rings. The summed E-state index contributed by atoms with van der Waals surface area (Å²) in [6, 6.07) is 3.45. The molecule has 0 unspecified atom stereocenters. The van der Waals surface area contributed by atoms with Crippen molar-refractivity contribution in [2.24, 2.45) is 0 Å². The number of benzene rings is 1. The molecule has 0 aromatic heterocycles. The first-order valence-corrected chi connectivity index (χ1v) is 7.96. The van der Waals surface area contributed by atoms with Crippen LogP contribution in [0.25, 0.3) is 0 Å². The SMILES string of the molecule is CCOCCCNS(=O)(=O)c1ccc(C#CCO)c(F)c1. The minimum absolute atomic E-state index is 0.0411. The lowest BCUT2D eigenvalue weighted by Gasteiger charge is -2.07. The third kappa shape index (κ3) is 5.81. The Labute approximate surface area is 124 Å². The van der Waals surface area contributed by atoms with Crippen molar-refractivity contribution in [2.45, 2.75) is 18.2 Å². The van der Waals surface area contributed by atoms with E-state index in [1.54, 1.807) is 0 Å². The van der Waals surface area contributed by atoms with Gasteiger partial charge in [0.1, 0.15) is 12.4 Å². The van der Waals surface area contributed by atoms with Crippen LogP contribution in [-0.2, 0) is 14.8 Å². The van der Waals surface area contributed by atoms with Crippen LogP contribution in [0.3, 0.4) is 0 Å². The first-order chi connectivity index (χ1) is 10.0. The van der Waals surface area contributed by atoms with Crippen LogP contribution >= 0.6 is 0 Å². The smallest absolute Gasteiger partial charge is 0.240 e. The summed E-state index contributed by atoms with van der Waals surface area (Å²) in [4.78, 5) is -0.161. The molecule has 0 amide bonds. The van der Waals surface area contributed by atoms with E-state index >= 15 is 0 Å². The average molecular weight is 315 g/mol. The molecule has 1 rings (SSSR count). The largest absolute Gasteiger partial charge is 0.384 e. The molecule has 0 fully saturated rings. The summed E-state index contributed by atoms with van der Waals surface area (Å²) < 4.78 is 45.1. The van der Waals surface area contributed by atoms with Crippen LogP contribution in [0.2, 0.25) is 0 Å². The van der Waals surface area contributed by atoms with Gasteiger partial charge < -0.3 is 9.84 Å². The third-order valence-electron chi connectivity index (χ3n) is 2.51. The van der Waals surface area contributed by atoms with Crippen molar-refractivity contribution in [1.29, 1.82) is 0 Å². The van der Waals surface area contributed by atoms with E-state index < -0.39 is 15.8 Å². The standard InChI is InChI=1S/C14H18FNO4S/c1-2-20-10-4-8-16-21(18,19)13-7-6-12(5-3-9-17)14(15)11-13/h6-7,11,16-17H,2,4,8-10H2,1H3. The molecule has 2 N–H and O–H groups in total. The van der Waals surface area contributed by atoms with E-state index in [1.165, 1.54) is 12.1 Å². The minimum atomic E-state index is -3.75. The summed E-state index contributed by atoms with van der Waals surface area (Å²) in [5, 5.41) is 8.55. The van der Waals surface area contributed by atoms with Crippen LogP contribution in [0.15, 0.2) is 23.1 Å². The normalized spacial score (nSPS) is 11.0. The van der Waals surface area contributed by atoms with Crippen molar-refractivity contribution < 1.29 is 22.7 Å². The summed E-state index contributed by atoms with van der Waals surface area (Å²) >= 11 is 0. The molecule has 0 aliphatic heterocycles. The van der Waals surface area contributed by atoms with E-state index in [0.29, 0.717) is 19.6 Å². The van der Waals surface area contributed by atoms with Gasteiger partial charge in [-0.3, -0.25) is 0 Å². The van der Waals surface area contributed by atoms with Crippen LogP contribution in [0.5, 0.6) is 0 Å². The van der Waals surface area contributed by atoms with Gasteiger partial charge >= 0.3 is 0 Å². The van der Waals surface area contributed by atoms with Crippen LogP contribution < -0.4 is 4.72 Å². The fraction of sp³-hybridized carbons (Fsp3) is 0.429. The maximum atomic E-state index is 13.7. The molecule has 0 heterocycles. The number of halogens is 1. The van der Waals surface area contributed by atoms with E-state index in [1.807, 2.05) is 6.92 Å². The monoisotopic (exact) mass is 315 g/mol. The number of aliphatic hydroxyl groups is 1. The number of hydrogen-bond donors (Lipinski definition) is 2. The highest BCUT2D eigenvalue weighted by Crippen LogP contribution is 2.14. The maximum Gasteiger partial charge on any atom is 0.240 e. The zero-order valence-corrected chi connectivity index (χ0v) is 12.5. The first-order valence-electron chi connectivity index (χ1n) is 6.48. The predicted molar refractivity (Wildman–Crippen MR) is 76.7 cm³/mol. The van der Waals surface area contributed by atoms with Crippen LogP contribution in [0.1, 0.15) is 18.9 Å². The maximum absolute atomic E-state index is 13.7. The van der Waals surface area contributed by atoms with Gasteiger partial charge in [0.25, 0.3) is 0 Å². The van der Waals surface area contributed by atoms with E-state index in [9.17, 15) is 12.8 Å². The Bertz CT molecular complexity index is 620. The second-order valence-corrected chi connectivity index (χ2v) is 5.82. The Morgan fingerprint density at radius 1 is 1.43 bits per heavy atom. The Kier molecular flexibility index (Phi) is 7.32. The van der Waals surface area contributed by atoms with Crippen LogP contribution in [-0.4, -0.2) is 39.9 Å². The summed E-state index contributed by atoms with van der Waals surface area (Å²) in [6.45, 7) is 2.72. The van der Waals surface area contributed by atoms with E-state index in [0.717, 1.165) is 6.07 Å². The molecule has 0 aliphatic carbocycles. The van der Waals surface area contributed by atoms with Crippen molar-refractivity contribution in [3.63, 3.8) is 0 Å². The number of ether oxygens (including phenoxy) is 1. The fourth-order valence-electron chi connectivity index (χ4n) is 1.51. The second kappa shape index (κ2) is 8.74. The Hall–Kier alpha value is -1.46. The summed E-state index contributed by atoms with van der Waals surface area (Å²) in [7, 11) is -3.75. The fourth-order valence-corrected chi connectivity index (χ4v) is 2.59. The van der Waals surface area contributed by atoms with Crippen molar-refractivity contribution in [3.8, 4) is 11.8 Å². The van der Waals surface area contributed by atoms with Gasteiger partial charge in [0.15, 0.2) is 0 Å². The average Bonchev–Trinajstić information content (AvgIpc) is 2.45. The van der Waals surface area contributed by atoms with Crippen molar-refractivity contribution >= 4 is 10.0 Å². The van der Waals surface area contributed by atoms with Crippen molar-refractivity contribution in [2.75, 3.05) is 26.4 Å².